The van der Waals surface area contributed by atoms with Gasteiger partial charge in [-0.15, -0.1) is 10.2 Å². The molecule has 76 valence electrons. The third kappa shape index (κ3) is 2.10. The molecule has 0 atom stereocenters. The lowest BCUT2D eigenvalue weighted by atomic mass is 10.1. The Balaban J connectivity index is 2.43. The number of rotatable bonds is 3. The van der Waals surface area contributed by atoms with Crippen LogP contribution in [-0.2, 0) is 0 Å². The van der Waals surface area contributed by atoms with Crippen molar-refractivity contribution in [1.82, 2.24) is 15.4 Å². The fourth-order valence-corrected chi connectivity index (χ4v) is 1.32. The van der Waals surface area contributed by atoms with Crippen molar-refractivity contribution < 1.29 is 4.74 Å². The van der Waals surface area contributed by atoms with Crippen LogP contribution in [0.25, 0.3) is 11.3 Å². The van der Waals surface area contributed by atoms with Crippen molar-refractivity contribution >= 4 is 0 Å². The molecule has 0 radical (unpaired) electrons. The third-order valence-corrected chi connectivity index (χ3v) is 1.95. The summed E-state index contributed by atoms with van der Waals surface area (Å²) in [6, 6.07) is 9.79. The molecule has 0 aliphatic rings. The molecule has 15 heavy (non-hydrogen) atoms. The van der Waals surface area contributed by atoms with E-state index in [0.717, 1.165) is 11.3 Å². The lowest BCUT2D eigenvalue weighted by Crippen LogP contribution is -1.99. The van der Waals surface area contributed by atoms with Crippen LogP contribution >= 0.6 is 0 Å². The van der Waals surface area contributed by atoms with Gasteiger partial charge in [0.25, 0.3) is 0 Å². The molecule has 0 unspecified atom stereocenters. The fourth-order valence-electron chi connectivity index (χ4n) is 1.32. The first kappa shape index (κ1) is 9.58. The first-order chi connectivity index (χ1) is 7.42. The molecule has 0 bridgehead atoms. The number of nitrogens with zero attached hydrogens (tertiary/aromatic N) is 3. The molecular formula is C11H11N3O. The van der Waals surface area contributed by atoms with Crippen molar-refractivity contribution in [2.75, 3.05) is 6.61 Å². The summed E-state index contributed by atoms with van der Waals surface area (Å²) in [6.07, 6.45) is 1.58. The van der Waals surface area contributed by atoms with Gasteiger partial charge in [-0.2, -0.15) is 0 Å². The van der Waals surface area contributed by atoms with Gasteiger partial charge in [0.1, 0.15) is 5.69 Å². The van der Waals surface area contributed by atoms with Crippen molar-refractivity contribution in [1.29, 1.82) is 0 Å². The van der Waals surface area contributed by atoms with Crippen LogP contribution in [0.4, 0.5) is 0 Å². The SMILES string of the molecule is CCOc1cnnnc1-c1ccccc1. The zero-order chi connectivity index (χ0) is 10.5. The minimum Gasteiger partial charge on any atom is -0.490 e. The largest absolute Gasteiger partial charge is 0.490 e. The topological polar surface area (TPSA) is 47.9 Å². The van der Waals surface area contributed by atoms with Crippen molar-refractivity contribution in [3.8, 4) is 17.0 Å². The second-order valence-corrected chi connectivity index (χ2v) is 2.95. The highest BCUT2D eigenvalue weighted by Gasteiger charge is 2.07. The van der Waals surface area contributed by atoms with Gasteiger partial charge in [0.2, 0.25) is 0 Å². The van der Waals surface area contributed by atoms with E-state index in [1.54, 1.807) is 6.20 Å². The Labute approximate surface area is 87.9 Å². The van der Waals surface area contributed by atoms with Crippen LogP contribution in [0, 0.1) is 0 Å². The average Bonchev–Trinajstić information content (AvgIpc) is 2.31. The van der Waals surface area contributed by atoms with Crippen molar-refractivity contribution in [3.63, 3.8) is 0 Å². The van der Waals surface area contributed by atoms with E-state index in [4.69, 9.17) is 4.74 Å². The summed E-state index contributed by atoms with van der Waals surface area (Å²) in [5.41, 5.74) is 1.71. The van der Waals surface area contributed by atoms with Gasteiger partial charge in [-0.3, -0.25) is 0 Å². The molecule has 2 rings (SSSR count). The smallest absolute Gasteiger partial charge is 0.167 e. The standard InChI is InChI=1S/C11H11N3O/c1-2-15-10-8-12-14-13-11(10)9-6-4-3-5-7-9/h3-8H,2H2,1H3. The zero-order valence-corrected chi connectivity index (χ0v) is 8.42. The molecule has 1 aromatic heterocycles. The van der Waals surface area contributed by atoms with E-state index in [0.29, 0.717) is 12.4 Å². The summed E-state index contributed by atoms with van der Waals surface area (Å²) in [5, 5.41) is 11.3. The Hall–Kier alpha value is -1.97. The molecule has 0 fully saturated rings. The highest BCUT2D eigenvalue weighted by atomic mass is 16.5. The minimum atomic E-state index is 0.590. The van der Waals surface area contributed by atoms with E-state index in [1.165, 1.54) is 0 Å². The lowest BCUT2D eigenvalue weighted by Gasteiger charge is -2.06. The van der Waals surface area contributed by atoms with Gasteiger partial charge in [-0.25, -0.2) is 0 Å². The Bertz CT molecular complexity index is 431. The Morgan fingerprint density at radius 3 is 2.73 bits per heavy atom. The number of hydrogen-bond acceptors (Lipinski definition) is 4. The van der Waals surface area contributed by atoms with E-state index < -0.39 is 0 Å². The Morgan fingerprint density at radius 2 is 2.00 bits per heavy atom. The molecule has 1 aromatic carbocycles. The predicted molar refractivity (Wildman–Crippen MR) is 56.4 cm³/mol. The van der Waals surface area contributed by atoms with E-state index in [2.05, 4.69) is 15.4 Å². The molecule has 0 spiro atoms. The van der Waals surface area contributed by atoms with E-state index in [-0.39, 0.29) is 0 Å². The molecule has 0 amide bonds. The third-order valence-electron chi connectivity index (χ3n) is 1.95. The van der Waals surface area contributed by atoms with Crippen LogP contribution in [0.15, 0.2) is 36.5 Å². The molecule has 4 heteroatoms. The zero-order valence-electron chi connectivity index (χ0n) is 8.42. The van der Waals surface area contributed by atoms with Gasteiger partial charge in [0.05, 0.1) is 12.8 Å². The van der Waals surface area contributed by atoms with Crippen molar-refractivity contribution in [2.45, 2.75) is 6.92 Å². The summed E-state index contributed by atoms with van der Waals surface area (Å²) in [7, 11) is 0. The van der Waals surface area contributed by atoms with Gasteiger partial charge in [-0.1, -0.05) is 30.3 Å². The highest BCUT2D eigenvalue weighted by Crippen LogP contribution is 2.25. The molecule has 2 aromatic rings. The summed E-state index contributed by atoms with van der Waals surface area (Å²) in [4.78, 5) is 0. The van der Waals surface area contributed by atoms with Gasteiger partial charge in [0.15, 0.2) is 5.75 Å². The maximum Gasteiger partial charge on any atom is 0.167 e. The van der Waals surface area contributed by atoms with E-state index in [1.807, 2.05) is 37.3 Å². The molecule has 0 saturated heterocycles. The first-order valence-electron chi connectivity index (χ1n) is 4.78. The number of ether oxygens (including phenoxy) is 1. The van der Waals surface area contributed by atoms with Crippen LogP contribution in [0.5, 0.6) is 5.75 Å². The summed E-state index contributed by atoms with van der Waals surface area (Å²) < 4.78 is 5.43. The number of benzene rings is 1. The molecule has 0 aliphatic carbocycles. The van der Waals surface area contributed by atoms with Gasteiger partial charge in [-0.05, 0) is 12.1 Å². The van der Waals surface area contributed by atoms with E-state index in [9.17, 15) is 0 Å². The Kier molecular flexibility index (Phi) is 2.88. The van der Waals surface area contributed by atoms with Crippen LogP contribution < -0.4 is 4.74 Å². The van der Waals surface area contributed by atoms with Crippen LogP contribution in [-0.4, -0.2) is 22.0 Å². The fraction of sp³-hybridized carbons (Fsp3) is 0.182. The molecule has 4 nitrogen and oxygen atoms in total. The molecule has 0 N–H and O–H groups in total. The summed E-state index contributed by atoms with van der Waals surface area (Å²) in [6.45, 7) is 2.52. The van der Waals surface area contributed by atoms with Crippen molar-refractivity contribution in [2.24, 2.45) is 0 Å². The normalized spacial score (nSPS) is 9.93. The van der Waals surface area contributed by atoms with Crippen molar-refractivity contribution in [3.05, 3.63) is 36.5 Å². The molecule has 1 heterocycles. The molecule has 0 aliphatic heterocycles. The first-order valence-corrected chi connectivity index (χ1v) is 4.78. The van der Waals surface area contributed by atoms with Crippen LogP contribution in [0.1, 0.15) is 6.92 Å². The van der Waals surface area contributed by atoms with Gasteiger partial charge in [0, 0.05) is 5.56 Å². The minimum absolute atomic E-state index is 0.590. The quantitative estimate of drug-likeness (QED) is 0.761. The second kappa shape index (κ2) is 4.50. The maximum atomic E-state index is 5.43. The van der Waals surface area contributed by atoms with Gasteiger partial charge >= 0.3 is 0 Å². The number of aromatic nitrogens is 3. The monoisotopic (exact) mass is 201 g/mol. The van der Waals surface area contributed by atoms with Crippen LogP contribution in [0.3, 0.4) is 0 Å². The molecule has 0 saturated carbocycles. The molecular weight excluding hydrogens is 190 g/mol. The Morgan fingerprint density at radius 1 is 1.20 bits per heavy atom. The number of hydrogen-bond donors (Lipinski definition) is 0. The van der Waals surface area contributed by atoms with E-state index >= 15 is 0 Å². The highest BCUT2D eigenvalue weighted by molar-refractivity contribution is 5.64. The maximum absolute atomic E-state index is 5.43. The van der Waals surface area contributed by atoms with Crippen LogP contribution in [0.2, 0.25) is 0 Å². The average molecular weight is 201 g/mol. The summed E-state index contributed by atoms with van der Waals surface area (Å²) >= 11 is 0. The van der Waals surface area contributed by atoms with Gasteiger partial charge < -0.3 is 4.74 Å². The summed E-state index contributed by atoms with van der Waals surface area (Å²) in [5.74, 6) is 0.665. The predicted octanol–water partition coefficient (Wildman–Crippen LogP) is 1.94. The second-order valence-electron chi connectivity index (χ2n) is 2.95. The lowest BCUT2D eigenvalue weighted by molar-refractivity contribution is 0.337.